The Bertz CT molecular complexity index is 936. The first-order chi connectivity index (χ1) is 12.0. The number of carbonyl (C=O) groups is 1. The molecule has 126 valence electrons. The average Bonchev–Trinajstić information content (AvgIpc) is 2.93. The third kappa shape index (κ3) is 2.59. The minimum Gasteiger partial charge on any atom is -0.341 e. The third-order valence-electron chi connectivity index (χ3n) is 4.40. The lowest BCUT2D eigenvalue weighted by molar-refractivity contribution is -0.116. The average molecular weight is 339 g/mol. The lowest BCUT2D eigenvalue weighted by Gasteiger charge is -2.31. The third-order valence-corrected chi connectivity index (χ3v) is 4.40. The summed E-state index contributed by atoms with van der Waals surface area (Å²) in [5, 5.41) is 0. The maximum atomic E-state index is 13.5. The number of carbonyl (C=O) groups excluding carboxylic acids is 1. The maximum Gasteiger partial charge on any atom is 0.238 e. The van der Waals surface area contributed by atoms with E-state index < -0.39 is 11.6 Å². The van der Waals surface area contributed by atoms with E-state index >= 15 is 0 Å². The van der Waals surface area contributed by atoms with Crippen LogP contribution < -0.4 is 4.90 Å². The van der Waals surface area contributed by atoms with Crippen LogP contribution in [0.3, 0.4) is 0 Å². The smallest absolute Gasteiger partial charge is 0.238 e. The Balaban J connectivity index is 1.70. The molecule has 2 aliphatic rings. The Morgan fingerprint density at radius 3 is 2.64 bits per heavy atom. The Kier molecular flexibility index (Phi) is 3.60. The van der Waals surface area contributed by atoms with E-state index in [0.717, 1.165) is 29.0 Å². The highest BCUT2D eigenvalue weighted by Gasteiger charge is 2.33. The number of benzene rings is 2. The number of anilines is 1. The van der Waals surface area contributed by atoms with E-state index in [9.17, 15) is 13.6 Å². The first-order valence-corrected chi connectivity index (χ1v) is 7.89. The largest absolute Gasteiger partial charge is 0.341 e. The normalized spacial score (nSPS) is 16.7. The second-order valence-electron chi connectivity index (χ2n) is 6.10. The van der Waals surface area contributed by atoms with Crippen molar-refractivity contribution in [3.8, 4) is 0 Å². The summed E-state index contributed by atoms with van der Waals surface area (Å²) in [6, 6.07) is 11.4. The van der Waals surface area contributed by atoms with Crippen molar-refractivity contribution in [2.45, 2.75) is 6.42 Å². The van der Waals surface area contributed by atoms with Gasteiger partial charge in [0.15, 0.2) is 11.6 Å². The molecular weight excluding hydrogens is 324 g/mol. The molecule has 0 bridgehead atoms. The van der Waals surface area contributed by atoms with Gasteiger partial charge in [0.05, 0.1) is 12.1 Å². The van der Waals surface area contributed by atoms with E-state index in [-0.39, 0.29) is 5.91 Å². The van der Waals surface area contributed by atoms with E-state index in [1.807, 2.05) is 36.2 Å². The van der Waals surface area contributed by atoms with E-state index in [1.54, 1.807) is 11.1 Å². The molecule has 0 fully saturated rings. The summed E-state index contributed by atoms with van der Waals surface area (Å²) in [4.78, 5) is 20.3. The number of hydrogen-bond donors (Lipinski definition) is 0. The van der Waals surface area contributed by atoms with E-state index in [1.165, 1.54) is 6.07 Å². The molecule has 4 nitrogen and oxygen atoms in total. The van der Waals surface area contributed by atoms with Gasteiger partial charge >= 0.3 is 0 Å². The lowest BCUT2D eigenvalue weighted by atomic mass is 10.1. The number of likely N-dealkylation sites (N-methyl/N-ethyl adjacent to an activating group) is 1. The standard InChI is InChI=1S/C19H15F2N3O/c1-23-11-14(12-6-7-15(20)16(21)8-12)10-22-19(23)24-17-5-3-2-4-13(17)9-18(24)25/h2-8,10H,9,11H2,1H3. The summed E-state index contributed by atoms with van der Waals surface area (Å²) in [5.74, 6) is -1.27. The summed E-state index contributed by atoms with van der Waals surface area (Å²) in [5.41, 5.74) is 3.13. The van der Waals surface area contributed by atoms with Gasteiger partial charge in [-0.3, -0.25) is 4.79 Å². The van der Waals surface area contributed by atoms with Crippen LogP contribution in [-0.4, -0.2) is 30.4 Å². The second kappa shape index (κ2) is 5.81. The van der Waals surface area contributed by atoms with Crippen LogP contribution in [0, 0.1) is 11.6 Å². The predicted molar refractivity (Wildman–Crippen MR) is 92.0 cm³/mol. The van der Waals surface area contributed by atoms with Crippen LogP contribution in [-0.2, 0) is 11.2 Å². The Labute approximate surface area is 143 Å². The van der Waals surface area contributed by atoms with Gasteiger partial charge in [-0.1, -0.05) is 24.3 Å². The fourth-order valence-electron chi connectivity index (χ4n) is 3.17. The first kappa shape index (κ1) is 15.5. The summed E-state index contributed by atoms with van der Waals surface area (Å²) in [6.45, 7) is 0.440. The number of para-hydroxylation sites is 1. The zero-order valence-electron chi connectivity index (χ0n) is 13.5. The van der Waals surface area contributed by atoms with Gasteiger partial charge in [0, 0.05) is 19.8 Å². The van der Waals surface area contributed by atoms with Gasteiger partial charge < -0.3 is 4.90 Å². The number of amides is 1. The SMILES string of the molecule is CN1CC(c2ccc(F)c(F)c2)=CN=C1N1C(=O)Cc2ccccc21. The second-order valence-corrected chi connectivity index (χ2v) is 6.10. The molecule has 25 heavy (non-hydrogen) atoms. The summed E-state index contributed by atoms with van der Waals surface area (Å²) < 4.78 is 26.6. The molecule has 0 unspecified atom stereocenters. The maximum absolute atomic E-state index is 13.5. The quantitative estimate of drug-likeness (QED) is 0.800. The number of aliphatic imine (C=N–C) groups is 1. The monoisotopic (exact) mass is 339 g/mol. The molecule has 0 aromatic heterocycles. The summed E-state index contributed by atoms with van der Waals surface area (Å²) in [7, 11) is 1.82. The van der Waals surface area contributed by atoms with Crippen LogP contribution in [0.5, 0.6) is 0 Å². The van der Waals surface area contributed by atoms with Gasteiger partial charge in [0.25, 0.3) is 0 Å². The molecule has 0 atom stereocenters. The van der Waals surface area contributed by atoms with Gasteiger partial charge in [0.1, 0.15) is 0 Å². The van der Waals surface area contributed by atoms with Gasteiger partial charge in [-0.25, -0.2) is 18.7 Å². The molecule has 2 aromatic rings. The molecule has 0 aliphatic carbocycles. The van der Waals surface area contributed by atoms with Crippen molar-refractivity contribution < 1.29 is 13.6 Å². The highest BCUT2D eigenvalue weighted by Crippen LogP contribution is 2.31. The first-order valence-electron chi connectivity index (χ1n) is 7.89. The molecule has 1 amide bonds. The van der Waals surface area contributed by atoms with Crippen LogP contribution in [0.25, 0.3) is 5.57 Å². The number of rotatable bonds is 1. The number of nitrogens with zero attached hydrogens (tertiary/aromatic N) is 3. The van der Waals surface area contributed by atoms with Gasteiger partial charge in [-0.2, -0.15) is 0 Å². The molecule has 0 spiro atoms. The van der Waals surface area contributed by atoms with E-state index in [4.69, 9.17) is 0 Å². The molecule has 2 aromatic carbocycles. The molecule has 2 heterocycles. The molecule has 0 N–H and O–H groups in total. The molecule has 0 saturated carbocycles. The molecular formula is C19H15F2N3O. The Morgan fingerprint density at radius 2 is 1.88 bits per heavy atom. The van der Waals surface area contributed by atoms with Crippen molar-refractivity contribution in [3.63, 3.8) is 0 Å². The minimum absolute atomic E-state index is 0.0310. The Hall–Kier alpha value is -3.02. The molecule has 4 rings (SSSR count). The molecule has 6 heteroatoms. The summed E-state index contributed by atoms with van der Waals surface area (Å²) in [6.07, 6.45) is 1.96. The Morgan fingerprint density at radius 1 is 1.08 bits per heavy atom. The summed E-state index contributed by atoms with van der Waals surface area (Å²) >= 11 is 0. The van der Waals surface area contributed by atoms with E-state index in [2.05, 4.69) is 4.99 Å². The number of hydrogen-bond acceptors (Lipinski definition) is 3. The van der Waals surface area contributed by atoms with Crippen molar-refractivity contribution >= 4 is 23.1 Å². The van der Waals surface area contributed by atoms with Crippen LogP contribution in [0.2, 0.25) is 0 Å². The molecule has 2 aliphatic heterocycles. The fraction of sp³-hybridized carbons (Fsp3) is 0.158. The highest BCUT2D eigenvalue weighted by molar-refractivity contribution is 6.20. The van der Waals surface area contributed by atoms with Gasteiger partial charge in [0.2, 0.25) is 11.9 Å². The van der Waals surface area contributed by atoms with Crippen LogP contribution in [0.1, 0.15) is 11.1 Å². The van der Waals surface area contributed by atoms with E-state index in [0.29, 0.717) is 24.5 Å². The fourth-order valence-corrected chi connectivity index (χ4v) is 3.17. The highest BCUT2D eigenvalue weighted by atomic mass is 19.2. The van der Waals surface area contributed by atoms with Crippen molar-refractivity contribution in [2.75, 3.05) is 18.5 Å². The van der Waals surface area contributed by atoms with Gasteiger partial charge in [-0.15, -0.1) is 0 Å². The molecule has 0 radical (unpaired) electrons. The van der Waals surface area contributed by atoms with Crippen LogP contribution in [0.15, 0.2) is 53.7 Å². The van der Waals surface area contributed by atoms with Crippen molar-refractivity contribution in [3.05, 3.63) is 71.4 Å². The van der Waals surface area contributed by atoms with Crippen molar-refractivity contribution in [1.82, 2.24) is 4.90 Å². The predicted octanol–water partition coefficient (Wildman–Crippen LogP) is 3.20. The van der Waals surface area contributed by atoms with Gasteiger partial charge in [-0.05, 0) is 34.9 Å². The van der Waals surface area contributed by atoms with Crippen LogP contribution in [0.4, 0.5) is 14.5 Å². The van der Waals surface area contributed by atoms with Crippen molar-refractivity contribution in [2.24, 2.45) is 4.99 Å². The lowest BCUT2D eigenvalue weighted by Crippen LogP contribution is -2.46. The number of fused-ring (bicyclic) bond motifs is 1. The zero-order chi connectivity index (χ0) is 17.6. The molecule has 0 saturated heterocycles. The topological polar surface area (TPSA) is 35.9 Å². The van der Waals surface area contributed by atoms with Crippen molar-refractivity contribution in [1.29, 1.82) is 0 Å². The number of guanidine groups is 1. The number of halogens is 2. The zero-order valence-corrected chi connectivity index (χ0v) is 13.5. The minimum atomic E-state index is -0.889. The van der Waals surface area contributed by atoms with Crippen LogP contribution >= 0.6 is 0 Å².